The number of unbranched alkanes of at least 4 members (excludes halogenated alkanes) is 1. The highest BCUT2D eigenvalue weighted by atomic mass is 16.4. The number of hydrogen-bond donors (Lipinski definition) is 3. The molecule has 0 aliphatic heterocycles. The van der Waals surface area contributed by atoms with E-state index in [4.69, 9.17) is 10.8 Å². The summed E-state index contributed by atoms with van der Waals surface area (Å²) in [5.74, 6) is -1.09. The molecule has 104 valence electrons. The first-order valence-corrected chi connectivity index (χ1v) is 6.18. The van der Waals surface area contributed by atoms with E-state index >= 15 is 0 Å². The van der Waals surface area contributed by atoms with Crippen LogP contribution in [0.3, 0.4) is 0 Å². The van der Waals surface area contributed by atoms with Crippen LogP contribution in [0, 0.1) is 0 Å². The number of aliphatic carboxylic acids is 1. The van der Waals surface area contributed by atoms with E-state index in [0.717, 1.165) is 17.7 Å². The quantitative estimate of drug-likeness (QED) is 0.538. The Morgan fingerprint density at radius 3 is 2.63 bits per heavy atom. The molecule has 0 atom stereocenters. The van der Waals surface area contributed by atoms with Gasteiger partial charge in [0.15, 0.2) is 0 Å². The number of benzene rings is 1. The Kier molecular flexibility index (Phi) is 5.66. The summed E-state index contributed by atoms with van der Waals surface area (Å²) < 4.78 is 0. The van der Waals surface area contributed by atoms with Gasteiger partial charge < -0.3 is 16.2 Å². The van der Waals surface area contributed by atoms with Gasteiger partial charge in [0.05, 0.1) is 11.4 Å². The van der Waals surface area contributed by atoms with Gasteiger partial charge >= 0.3 is 12.0 Å². The third kappa shape index (κ3) is 4.50. The Morgan fingerprint density at radius 1 is 1.37 bits per heavy atom. The molecule has 0 saturated carbocycles. The molecule has 0 heterocycles. The molecule has 2 amide bonds. The predicted molar refractivity (Wildman–Crippen MR) is 74.1 cm³/mol. The van der Waals surface area contributed by atoms with Crippen LogP contribution < -0.4 is 16.0 Å². The second-order valence-corrected chi connectivity index (χ2v) is 4.12. The SMILES string of the molecule is CCCCNC(=O)N(CC(=O)O)c1ccccc1N. The Labute approximate surface area is 112 Å². The third-order valence-electron chi connectivity index (χ3n) is 2.57. The lowest BCUT2D eigenvalue weighted by molar-refractivity contribution is -0.135. The van der Waals surface area contributed by atoms with E-state index in [1.54, 1.807) is 24.3 Å². The number of rotatable bonds is 6. The molecule has 0 aliphatic carbocycles. The number of carbonyl (C=O) groups excluding carboxylic acids is 1. The van der Waals surface area contributed by atoms with Crippen LogP contribution in [0.2, 0.25) is 0 Å². The number of nitrogens with two attached hydrogens (primary N) is 1. The fourth-order valence-electron chi connectivity index (χ4n) is 1.60. The van der Waals surface area contributed by atoms with Gasteiger partial charge in [-0.05, 0) is 18.6 Å². The van der Waals surface area contributed by atoms with Crippen molar-refractivity contribution in [2.24, 2.45) is 0 Å². The number of nitrogen functional groups attached to an aromatic ring is 1. The van der Waals surface area contributed by atoms with Crippen molar-refractivity contribution in [2.45, 2.75) is 19.8 Å². The summed E-state index contributed by atoms with van der Waals surface area (Å²) in [4.78, 5) is 24.0. The van der Waals surface area contributed by atoms with Crippen LogP contribution in [-0.4, -0.2) is 30.2 Å². The highest BCUT2D eigenvalue weighted by Crippen LogP contribution is 2.22. The average Bonchev–Trinajstić information content (AvgIpc) is 2.37. The molecule has 1 aromatic carbocycles. The summed E-state index contributed by atoms with van der Waals surface area (Å²) in [6.07, 6.45) is 1.80. The van der Waals surface area contributed by atoms with E-state index < -0.39 is 18.5 Å². The minimum absolute atomic E-state index is 0.370. The molecule has 1 rings (SSSR count). The van der Waals surface area contributed by atoms with Crippen LogP contribution in [0.25, 0.3) is 0 Å². The Balaban J connectivity index is 2.86. The topological polar surface area (TPSA) is 95.7 Å². The number of nitrogens with one attached hydrogen (secondary N) is 1. The fourth-order valence-corrected chi connectivity index (χ4v) is 1.60. The van der Waals surface area contributed by atoms with Crippen molar-refractivity contribution in [2.75, 3.05) is 23.7 Å². The lowest BCUT2D eigenvalue weighted by atomic mass is 10.2. The second-order valence-electron chi connectivity index (χ2n) is 4.12. The molecule has 0 saturated heterocycles. The van der Waals surface area contributed by atoms with Gasteiger partial charge in [-0.3, -0.25) is 9.69 Å². The Morgan fingerprint density at radius 2 is 2.05 bits per heavy atom. The maximum absolute atomic E-state index is 12.0. The Hall–Kier alpha value is -2.24. The van der Waals surface area contributed by atoms with Crippen molar-refractivity contribution in [3.63, 3.8) is 0 Å². The Bertz CT molecular complexity index is 449. The molecule has 6 heteroatoms. The van der Waals surface area contributed by atoms with E-state index in [9.17, 15) is 9.59 Å². The summed E-state index contributed by atoms with van der Waals surface area (Å²) in [7, 11) is 0. The fraction of sp³-hybridized carbons (Fsp3) is 0.385. The number of hydrogen-bond acceptors (Lipinski definition) is 3. The minimum Gasteiger partial charge on any atom is -0.480 e. The zero-order valence-electron chi connectivity index (χ0n) is 10.9. The smallest absolute Gasteiger partial charge is 0.323 e. The van der Waals surface area contributed by atoms with Gasteiger partial charge in [-0.1, -0.05) is 25.5 Å². The second kappa shape index (κ2) is 7.25. The van der Waals surface area contributed by atoms with Gasteiger partial charge in [0, 0.05) is 6.54 Å². The molecule has 0 aromatic heterocycles. The molecular weight excluding hydrogens is 246 g/mol. The standard InChI is InChI=1S/C13H19N3O3/c1-2-3-8-15-13(19)16(9-12(17)18)11-7-5-4-6-10(11)14/h4-7H,2-3,8-9,14H2,1H3,(H,15,19)(H,17,18). The molecule has 6 nitrogen and oxygen atoms in total. The van der Waals surface area contributed by atoms with Gasteiger partial charge in [0.25, 0.3) is 0 Å². The van der Waals surface area contributed by atoms with Crippen molar-refractivity contribution in [1.82, 2.24) is 5.32 Å². The van der Waals surface area contributed by atoms with Crippen molar-refractivity contribution in [3.8, 4) is 0 Å². The maximum atomic E-state index is 12.0. The number of nitrogens with zero attached hydrogens (tertiary/aromatic N) is 1. The van der Waals surface area contributed by atoms with Crippen LogP contribution in [0.1, 0.15) is 19.8 Å². The first-order valence-electron chi connectivity index (χ1n) is 6.18. The number of anilines is 2. The molecule has 0 unspecified atom stereocenters. The van der Waals surface area contributed by atoms with E-state index in [0.29, 0.717) is 17.9 Å². The number of para-hydroxylation sites is 2. The number of carboxylic acids is 1. The average molecular weight is 265 g/mol. The summed E-state index contributed by atoms with van der Waals surface area (Å²) in [6, 6.07) is 6.24. The van der Waals surface area contributed by atoms with Crippen LogP contribution in [0.15, 0.2) is 24.3 Å². The highest BCUT2D eigenvalue weighted by molar-refractivity contribution is 5.98. The molecular formula is C13H19N3O3. The summed E-state index contributed by atoms with van der Waals surface area (Å²) >= 11 is 0. The van der Waals surface area contributed by atoms with Crippen molar-refractivity contribution in [1.29, 1.82) is 0 Å². The van der Waals surface area contributed by atoms with E-state index in [1.165, 1.54) is 0 Å². The highest BCUT2D eigenvalue weighted by Gasteiger charge is 2.19. The molecule has 0 spiro atoms. The van der Waals surface area contributed by atoms with Crippen molar-refractivity contribution < 1.29 is 14.7 Å². The largest absolute Gasteiger partial charge is 0.480 e. The van der Waals surface area contributed by atoms with Crippen molar-refractivity contribution >= 4 is 23.4 Å². The van der Waals surface area contributed by atoms with Crippen LogP contribution in [-0.2, 0) is 4.79 Å². The third-order valence-corrected chi connectivity index (χ3v) is 2.57. The monoisotopic (exact) mass is 265 g/mol. The summed E-state index contributed by atoms with van der Waals surface area (Å²) in [5.41, 5.74) is 6.55. The summed E-state index contributed by atoms with van der Waals surface area (Å²) in [6.45, 7) is 2.10. The normalized spacial score (nSPS) is 9.95. The van der Waals surface area contributed by atoms with Gasteiger partial charge in [0.2, 0.25) is 0 Å². The first-order chi connectivity index (χ1) is 9.06. The number of urea groups is 1. The molecule has 19 heavy (non-hydrogen) atoms. The predicted octanol–water partition coefficient (Wildman–Crippen LogP) is 1.67. The zero-order chi connectivity index (χ0) is 14.3. The first kappa shape index (κ1) is 14.8. The van der Waals surface area contributed by atoms with Gasteiger partial charge in [-0.2, -0.15) is 0 Å². The van der Waals surface area contributed by atoms with E-state index in [1.807, 2.05) is 6.92 Å². The number of amides is 2. The number of carboxylic acid groups (broad SMARTS) is 1. The van der Waals surface area contributed by atoms with Crippen LogP contribution in [0.5, 0.6) is 0 Å². The lowest BCUT2D eigenvalue weighted by Gasteiger charge is -2.22. The zero-order valence-corrected chi connectivity index (χ0v) is 10.9. The molecule has 0 bridgehead atoms. The summed E-state index contributed by atoms with van der Waals surface area (Å²) in [5, 5.41) is 11.6. The van der Waals surface area contributed by atoms with Gasteiger partial charge in [-0.25, -0.2) is 4.79 Å². The van der Waals surface area contributed by atoms with Crippen LogP contribution >= 0.6 is 0 Å². The van der Waals surface area contributed by atoms with Gasteiger partial charge in [0.1, 0.15) is 6.54 Å². The molecule has 0 aliphatic rings. The maximum Gasteiger partial charge on any atom is 0.323 e. The van der Waals surface area contributed by atoms with Gasteiger partial charge in [-0.15, -0.1) is 0 Å². The lowest BCUT2D eigenvalue weighted by Crippen LogP contribution is -2.43. The molecule has 0 radical (unpaired) electrons. The van der Waals surface area contributed by atoms with E-state index in [-0.39, 0.29) is 0 Å². The van der Waals surface area contributed by atoms with E-state index in [2.05, 4.69) is 5.32 Å². The number of carbonyl (C=O) groups is 2. The van der Waals surface area contributed by atoms with Crippen LogP contribution in [0.4, 0.5) is 16.2 Å². The molecule has 0 fully saturated rings. The minimum atomic E-state index is -1.09. The van der Waals surface area contributed by atoms with Crippen molar-refractivity contribution in [3.05, 3.63) is 24.3 Å². The molecule has 1 aromatic rings. The molecule has 4 N–H and O–H groups in total.